The maximum atomic E-state index is 3.60. The van der Waals surface area contributed by atoms with Gasteiger partial charge in [-0.3, -0.25) is 0 Å². The first-order valence-electron chi connectivity index (χ1n) is 6.71. The standard InChI is InChI=1S/C14H22BrNS/c1-2-11-3-5-12(6-4-11)8-16-9-13-7-14(15)17-10-13/h7,10-12,16H,2-6,8-9H2,1H3. The van der Waals surface area contributed by atoms with E-state index in [1.54, 1.807) is 11.3 Å². The van der Waals surface area contributed by atoms with Crippen molar-refractivity contribution >= 4 is 27.3 Å². The Balaban J connectivity index is 1.63. The van der Waals surface area contributed by atoms with Crippen molar-refractivity contribution in [1.29, 1.82) is 0 Å². The van der Waals surface area contributed by atoms with Crippen LogP contribution in [0.3, 0.4) is 0 Å². The molecule has 1 fully saturated rings. The Bertz CT molecular complexity index is 329. The highest BCUT2D eigenvalue weighted by molar-refractivity contribution is 9.11. The van der Waals surface area contributed by atoms with Crippen LogP contribution in [-0.2, 0) is 6.54 Å². The van der Waals surface area contributed by atoms with Crippen LogP contribution < -0.4 is 5.32 Å². The van der Waals surface area contributed by atoms with Crippen molar-refractivity contribution in [2.45, 2.75) is 45.6 Å². The summed E-state index contributed by atoms with van der Waals surface area (Å²) >= 11 is 5.28. The fourth-order valence-corrected chi connectivity index (χ4v) is 3.91. The highest BCUT2D eigenvalue weighted by Crippen LogP contribution is 2.30. The van der Waals surface area contributed by atoms with E-state index < -0.39 is 0 Å². The van der Waals surface area contributed by atoms with Gasteiger partial charge in [-0.1, -0.05) is 26.2 Å². The maximum Gasteiger partial charge on any atom is 0.0701 e. The molecule has 96 valence electrons. The molecule has 1 nitrogen and oxygen atoms in total. The number of thiophene rings is 1. The van der Waals surface area contributed by atoms with Crippen molar-refractivity contribution in [1.82, 2.24) is 5.32 Å². The molecule has 1 aliphatic rings. The zero-order chi connectivity index (χ0) is 12.1. The highest BCUT2D eigenvalue weighted by atomic mass is 79.9. The Kier molecular flexibility index (Phi) is 5.51. The molecule has 0 unspecified atom stereocenters. The number of hydrogen-bond donors (Lipinski definition) is 1. The van der Waals surface area contributed by atoms with E-state index in [4.69, 9.17) is 0 Å². The SMILES string of the molecule is CCC1CCC(CNCc2csc(Br)c2)CC1. The summed E-state index contributed by atoms with van der Waals surface area (Å²) in [7, 11) is 0. The van der Waals surface area contributed by atoms with Crippen molar-refractivity contribution < 1.29 is 0 Å². The third-order valence-corrected chi connectivity index (χ3v) is 5.48. The molecule has 3 heteroatoms. The van der Waals surface area contributed by atoms with Crippen LogP contribution >= 0.6 is 27.3 Å². The minimum absolute atomic E-state index is 0.917. The molecule has 0 bridgehead atoms. The van der Waals surface area contributed by atoms with Gasteiger partial charge in [0, 0.05) is 6.54 Å². The van der Waals surface area contributed by atoms with Gasteiger partial charge in [0.1, 0.15) is 0 Å². The number of nitrogens with one attached hydrogen (secondary N) is 1. The quantitative estimate of drug-likeness (QED) is 0.821. The van der Waals surface area contributed by atoms with Gasteiger partial charge in [0.25, 0.3) is 0 Å². The molecule has 1 aliphatic carbocycles. The summed E-state index contributed by atoms with van der Waals surface area (Å²) in [5, 5.41) is 5.83. The fourth-order valence-electron chi connectivity index (χ4n) is 2.70. The summed E-state index contributed by atoms with van der Waals surface area (Å²) in [6.45, 7) is 4.55. The van der Waals surface area contributed by atoms with E-state index in [1.165, 1.54) is 48.0 Å². The molecule has 2 rings (SSSR count). The predicted molar refractivity (Wildman–Crippen MR) is 79.5 cm³/mol. The Hall–Kier alpha value is 0.140. The first-order chi connectivity index (χ1) is 8.28. The zero-order valence-corrected chi connectivity index (χ0v) is 12.9. The highest BCUT2D eigenvalue weighted by Gasteiger charge is 2.19. The van der Waals surface area contributed by atoms with Crippen molar-refractivity contribution in [3.63, 3.8) is 0 Å². The summed E-state index contributed by atoms with van der Waals surface area (Å²) in [4.78, 5) is 0. The molecule has 0 atom stereocenters. The van der Waals surface area contributed by atoms with Crippen LogP contribution in [0.5, 0.6) is 0 Å². The molecule has 0 aromatic carbocycles. The van der Waals surface area contributed by atoms with E-state index >= 15 is 0 Å². The zero-order valence-electron chi connectivity index (χ0n) is 10.5. The second-order valence-electron chi connectivity index (χ2n) is 5.18. The monoisotopic (exact) mass is 315 g/mol. The molecule has 1 aromatic rings. The second kappa shape index (κ2) is 6.91. The van der Waals surface area contributed by atoms with E-state index in [0.717, 1.165) is 18.4 Å². The first-order valence-corrected chi connectivity index (χ1v) is 8.38. The number of hydrogen-bond acceptors (Lipinski definition) is 2. The first kappa shape index (κ1) is 13.6. The summed E-state index contributed by atoms with van der Waals surface area (Å²) in [6.07, 6.45) is 7.14. The summed E-state index contributed by atoms with van der Waals surface area (Å²) in [5.74, 6) is 1.93. The lowest BCUT2D eigenvalue weighted by Crippen LogP contribution is -2.26. The average Bonchev–Trinajstić information content (AvgIpc) is 2.76. The molecule has 0 radical (unpaired) electrons. The summed E-state index contributed by atoms with van der Waals surface area (Å²) in [6, 6.07) is 2.21. The van der Waals surface area contributed by atoms with Gasteiger partial charge in [-0.2, -0.15) is 0 Å². The molecular formula is C14H22BrNS. The Morgan fingerprint density at radius 3 is 2.59 bits per heavy atom. The molecule has 0 spiro atoms. The minimum atomic E-state index is 0.917. The molecule has 1 aromatic heterocycles. The van der Waals surface area contributed by atoms with Crippen molar-refractivity contribution in [2.75, 3.05) is 6.54 Å². The average molecular weight is 316 g/mol. The smallest absolute Gasteiger partial charge is 0.0701 e. The Morgan fingerprint density at radius 1 is 1.29 bits per heavy atom. The van der Waals surface area contributed by atoms with Gasteiger partial charge in [0.2, 0.25) is 0 Å². The van der Waals surface area contributed by atoms with E-state index in [2.05, 4.69) is 39.6 Å². The van der Waals surface area contributed by atoms with Crippen LogP contribution in [0.4, 0.5) is 0 Å². The largest absolute Gasteiger partial charge is 0.312 e. The van der Waals surface area contributed by atoms with Crippen LogP contribution in [0.2, 0.25) is 0 Å². The third kappa shape index (κ3) is 4.38. The Morgan fingerprint density at radius 2 is 2.00 bits per heavy atom. The molecule has 0 amide bonds. The van der Waals surface area contributed by atoms with E-state index in [0.29, 0.717) is 0 Å². The van der Waals surface area contributed by atoms with Gasteiger partial charge in [0.05, 0.1) is 3.79 Å². The van der Waals surface area contributed by atoms with E-state index in [9.17, 15) is 0 Å². The van der Waals surface area contributed by atoms with Gasteiger partial charge in [-0.05, 0) is 64.2 Å². The van der Waals surface area contributed by atoms with Gasteiger partial charge >= 0.3 is 0 Å². The normalized spacial score (nSPS) is 25.1. The van der Waals surface area contributed by atoms with Crippen molar-refractivity contribution in [2.24, 2.45) is 11.8 Å². The van der Waals surface area contributed by atoms with Crippen LogP contribution in [-0.4, -0.2) is 6.54 Å². The van der Waals surface area contributed by atoms with Crippen LogP contribution in [0.15, 0.2) is 15.2 Å². The molecule has 1 heterocycles. The van der Waals surface area contributed by atoms with Crippen molar-refractivity contribution in [3.8, 4) is 0 Å². The molecule has 0 saturated heterocycles. The van der Waals surface area contributed by atoms with Gasteiger partial charge in [-0.25, -0.2) is 0 Å². The molecule has 0 aliphatic heterocycles. The molecule has 1 N–H and O–H groups in total. The predicted octanol–water partition coefficient (Wildman–Crippen LogP) is 4.82. The van der Waals surface area contributed by atoms with Gasteiger partial charge in [-0.15, -0.1) is 11.3 Å². The topological polar surface area (TPSA) is 12.0 Å². The minimum Gasteiger partial charge on any atom is -0.312 e. The lowest BCUT2D eigenvalue weighted by molar-refractivity contribution is 0.262. The summed E-state index contributed by atoms with van der Waals surface area (Å²) < 4.78 is 1.23. The van der Waals surface area contributed by atoms with Gasteiger partial charge in [0.15, 0.2) is 0 Å². The molecule has 1 saturated carbocycles. The lowest BCUT2D eigenvalue weighted by atomic mass is 9.81. The van der Waals surface area contributed by atoms with Crippen LogP contribution in [0, 0.1) is 11.8 Å². The molecule has 17 heavy (non-hydrogen) atoms. The second-order valence-corrected chi connectivity index (χ2v) is 7.48. The van der Waals surface area contributed by atoms with E-state index in [-0.39, 0.29) is 0 Å². The fraction of sp³-hybridized carbons (Fsp3) is 0.714. The molecular weight excluding hydrogens is 294 g/mol. The number of rotatable bonds is 5. The Labute approximate surface area is 117 Å². The maximum absolute atomic E-state index is 3.60. The lowest BCUT2D eigenvalue weighted by Gasteiger charge is -2.27. The van der Waals surface area contributed by atoms with E-state index in [1.807, 2.05) is 0 Å². The summed E-state index contributed by atoms with van der Waals surface area (Å²) in [5.41, 5.74) is 1.41. The number of halogens is 1. The van der Waals surface area contributed by atoms with Gasteiger partial charge < -0.3 is 5.32 Å². The van der Waals surface area contributed by atoms with Crippen LogP contribution in [0.1, 0.15) is 44.6 Å². The van der Waals surface area contributed by atoms with Crippen LogP contribution in [0.25, 0.3) is 0 Å². The van der Waals surface area contributed by atoms with Crippen molar-refractivity contribution in [3.05, 3.63) is 20.8 Å². The third-order valence-electron chi connectivity index (χ3n) is 3.93.